The van der Waals surface area contributed by atoms with Gasteiger partial charge in [0.1, 0.15) is 0 Å². The molecule has 0 bridgehead atoms. The maximum Gasteiger partial charge on any atom is 0.249 e. The molecule has 0 fully saturated rings. The molecule has 2 aromatic heterocycles. The molecule has 1 N–H and O–H groups in total. The molecule has 1 amide bonds. The van der Waals surface area contributed by atoms with Gasteiger partial charge in [0.25, 0.3) is 0 Å². The van der Waals surface area contributed by atoms with Crippen molar-refractivity contribution in [3.8, 4) is 11.1 Å². The van der Waals surface area contributed by atoms with Crippen molar-refractivity contribution >= 4 is 17.5 Å². The van der Waals surface area contributed by atoms with Crippen LogP contribution in [0.1, 0.15) is 23.7 Å². The fourth-order valence-corrected chi connectivity index (χ4v) is 2.50. The maximum atomic E-state index is 11.1. The smallest absolute Gasteiger partial charge is 0.249 e. The van der Waals surface area contributed by atoms with E-state index < -0.39 is 0 Å². The van der Waals surface area contributed by atoms with Gasteiger partial charge in [0.2, 0.25) is 11.9 Å². The topological polar surface area (TPSA) is 59.3 Å². The summed E-state index contributed by atoms with van der Waals surface area (Å²) in [6, 6.07) is 10.4. The molecule has 5 nitrogen and oxygen atoms in total. The Morgan fingerprint density at radius 2 is 1.86 bits per heavy atom. The van der Waals surface area contributed by atoms with Crippen molar-refractivity contribution in [3.63, 3.8) is 0 Å². The van der Waals surface area contributed by atoms with E-state index in [0.717, 1.165) is 16.8 Å². The lowest BCUT2D eigenvalue weighted by molar-refractivity contribution is -0.114. The summed E-state index contributed by atoms with van der Waals surface area (Å²) < 4.78 is 1.76. The van der Waals surface area contributed by atoms with E-state index in [0.29, 0.717) is 11.6 Å². The summed E-state index contributed by atoms with van der Waals surface area (Å²) in [7, 11) is 0. The van der Waals surface area contributed by atoms with E-state index in [4.69, 9.17) is 0 Å². The van der Waals surface area contributed by atoms with Crippen molar-refractivity contribution < 1.29 is 4.79 Å². The number of anilines is 1. The van der Waals surface area contributed by atoms with Gasteiger partial charge in [0.15, 0.2) is 5.65 Å². The highest BCUT2D eigenvalue weighted by Gasteiger charge is 2.11. The van der Waals surface area contributed by atoms with Gasteiger partial charge >= 0.3 is 0 Å². The minimum atomic E-state index is -0.178. The van der Waals surface area contributed by atoms with Crippen LogP contribution in [-0.2, 0) is 4.79 Å². The molecule has 0 aliphatic rings. The van der Waals surface area contributed by atoms with Crippen LogP contribution in [0.25, 0.3) is 16.8 Å². The third-order valence-corrected chi connectivity index (χ3v) is 3.84. The average Bonchev–Trinajstić information content (AvgIpc) is 2.85. The first-order valence-electron chi connectivity index (χ1n) is 7.17. The number of benzene rings is 1. The normalized spacial score (nSPS) is 10.9. The van der Waals surface area contributed by atoms with E-state index in [1.807, 2.05) is 19.1 Å². The number of nitrogens with one attached hydrogen (secondary N) is 1. The third-order valence-electron chi connectivity index (χ3n) is 3.84. The molecule has 0 spiro atoms. The molecule has 0 saturated carbocycles. The number of carbonyl (C=O) groups is 1. The van der Waals surface area contributed by atoms with E-state index >= 15 is 0 Å². The Balaban J connectivity index is 2.12. The van der Waals surface area contributed by atoms with Crippen molar-refractivity contribution in [2.75, 3.05) is 5.32 Å². The van der Waals surface area contributed by atoms with Gasteiger partial charge in [-0.05, 0) is 49.6 Å². The van der Waals surface area contributed by atoms with E-state index in [-0.39, 0.29) is 5.91 Å². The number of hydrogen-bond acceptors (Lipinski definition) is 3. The second-order valence-electron chi connectivity index (χ2n) is 5.52. The Morgan fingerprint density at radius 1 is 1.09 bits per heavy atom. The van der Waals surface area contributed by atoms with Gasteiger partial charge < -0.3 is 0 Å². The summed E-state index contributed by atoms with van der Waals surface area (Å²) in [6.45, 7) is 7.66. The first-order chi connectivity index (χ1) is 10.5. The molecular formula is C17H18N4O. The fraction of sp³-hybridized carbons (Fsp3) is 0.235. The number of aromatic nitrogens is 3. The lowest BCUT2D eigenvalue weighted by atomic mass is 10.00. The Kier molecular flexibility index (Phi) is 3.41. The Bertz CT molecular complexity index is 880. The van der Waals surface area contributed by atoms with Crippen molar-refractivity contribution in [2.45, 2.75) is 27.7 Å². The third kappa shape index (κ3) is 2.45. The van der Waals surface area contributed by atoms with Crippen molar-refractivity contribution in [1.29, 1.82) is 0 Å². The highest BCUT2D eigenvalue weighted by atomic mass is 16.1. The molecule has 0 aliphatic carbocycles. The first kappa shape index (κ1) is 14.3. The molecular weight excluding hydrogens is 276 g/mol. The first-order valence-corrected chi connectivity index (χ1v) is 7.17. The molecule has 3 rings (SSSR count). The van der Waals surface area contributed by atoms with Crippen LogP contribution < -0.4 is 5.32 Å². The molecule has 112 valence electrons. The van der Waals surface area contributed by atoms with Gasteiger partial charge in [-0.25, -0.2) is 4.52 Å². The molecule has 0 unspecified atom stereocenters. The van der Waals surface area contributed by atoms with Crippen LogP contribution in [0.15, 0.2) is 30.3 Å². The van der Waals surface area contributed by atoms with Gasteiger partial charge in [-0.2, -0.15) is 4.98 Å². The number of amides is 1. The van der Waals surface area contributed by atoms with E-state index in [9.17, 15) is 4.79 Å². The summed E-state index contributed by atoms with van der Waals surface area (Å²) in [5, 5.41) is 6.97. The van der Waals surface area contributed by atoms with Crippen LogP contribution in [0.4, 0.5) is 5.95 Å². The fourth-order valence-electron chi connectivity index (χ4n) is 2.50. The predicted molar refractivity (Wildman–Crippen MR) is 86.9 cm³/mol. The standard InChI is InChI=1S/C17H18N4O/c1-10-5-6-14(9-11(10)2)15-7-8-16-19-17(18-13(4)22)20-21(16)12(15)3/h5-9H,1-4H3,(H,18,20,22). The molecule has 3 aromatic rings. The SMILES string of the molecule is CC(=O)Nc1nc2ccc(-c3ccc(C)c(C)c3)c(C)n2n1. The number of fused-ring (bicyclic) bond motifs is 1. The van der Waals surface area contributed by atoms with E-state index in [1.54, 1.807) is 4.52 Å². The molecule has 2 heterocycles. The average molecular weight is 294 g/mol. The van der Waals surface area contributed by atoms with Gasteiger partial charge in [-0.15, -0.1) is 5.10 Å². The lowest BCUT2D eigenvalue weighted by Gasteiger charge is -2.09. The summed E-state index contributed by atoms with van der Waals surface area (Å²) in [6.07, 6.45) is 0. The number of pyridine rings is 1. The summed E-state index contributed by atoms with van der Waals surface area (Å²) in [5.41, 5.74) is 6.50. The minimum Gasteiger partial charge on any atom is -0.293 e. The van der Waals surface area contributed by atoms with Crippen LogP contribution in [0.5, 0.6) is 0 Å². The van der Waals surface area contributed by atoms with Gasteiger partial charge in [0.05, 0.1) is 0 Å². The Morgan fingerprint density at radius 3 is 2.55 bits per heavy atom. The van der Waals surface area contributed by atoms with E-state index in [1.165, 1.54) is 18.1 Å². The second-order valence-corrected chi connectivity index (χ2v) is 5.52. The molecule has 0 saturated heterocycles. The monoisotopic (exact) mass is 294 g/mol. The maximum absolute atomic E-state index is 11.1. The quantitative estimate of drug-likeness (QED) is 0.789. The molecule has 1 aromatic carbocycles. The Hall–Kier alpha value is -2.69. The lowest BCUT2D eigenvalue weighted by Crippen LogP contribution is -2.07. The second kappa shape index (κ2) is 5.26. The molecule has 22 heavy (non-hydrogen) atoms. The molecule has 0 aliphatic heterocycles. The summed E-state index contributed by atoms with van der Waals surface area (Å²) in [4.78, 5) is 15.4. The minimum absolute atomic E-state index is 0.178. The van der Waals surface area contributed by atoms with E-state index in [2.05, 4.69) is 47.4 Å². The molecule has 0 atom stereocenters. The number of aryl methyl sites for hydroxylation is 3. The van der Waals surface area contributed by atoms with Crippen LogP contribution in [0.3, 0.4) is 0 Å². The molecule has 5 heteroatoms. The number of rotatable bonds is 2. The predicted octanol–water partition coefficient (Wildman–Crippen LogP) is 3.28. The number of hydrogen-bond donors (Lipinski definition) is 1. The zero-order valence-electron chi connectivity index (χ0n) is 13.1. The Labute approximate surface area is 129 Å². The zero-order chi connectivity index (χ0) is 15.9. The van der Waals surface area contributed by atoms with Gasteiger partial charge in [-0.1, -0.05) is 18.2 Å². The highest BCUT2D eigenvalue weighted by Crippen LogP contribution is 2.26. The van der Waals surface area contributed by atoms with Crippen molar-refractivity contribution in [2.24, 2.45) is 0 Å². The number of nitrogens with zero attached hydrogens (tertiary/aromatic N) is 3. The van der Waals surface area contributed by atoms with Gasteiger partial charge in [-0.3, -0.25) is 10.1 Å². The van der Waals surface area contributed by atoms with Crippen LogP contribution in [-0.4, -0.2) is 20.5 Å². The summed E-state index contributed by atoms with van der Waals surface area (Å²) in [5.74, 6) is 0.149. The van der Waals surface area contributed by atoms with Crippen molar-refractivity contribution in [3.05, 3.63) is 47.2 Å². The van der Waals surface area contributed by atoms with Crippen molar-refractivity contribution in [1.82, 2.24) is 14.6 Å². The molecule has 0 radical (unpaired) electrons. The summed E-state index contributed by atoms with van der Waals surface area (Å²) >= 11 is 0. The van der Waals surface area contributed by atoms with Crippen LogP contribution >= 0.6 is 0 Å². The largest absolute Gasteiger partial charge is 0.293 e. The number of carbonyl (C=O) groups excluding carboxylic acids is 1. The van der Waals surface area contributed by atoms with Crippen LogP contribution in [0, 0.1) is 20.8 Å². The highest BCUT2D eigenvalue weighted by molar-refractivity contribution is 5.87. The van der Waals surface area contributed by atoms with Crippen LogP contribution in [0.2, 0.25) is 0 Å². The zero-order valence-corrected chi connectivity index (χ0v) is 13.1. The van der Waals surface area contributed by atoms with Gasteiger partial charge in [0, 0.05) is 18.2 Å².